The average molecular weight is 829 g/mol. The van der Waals surface area contributed by atoms with Gasteiger partial charge in [-0.05, 0) is 58.4 Å². The molecule has 0 nitrogen and oxygen atoms in total. The van der Waals surface area contributed by atoms with E-state index >= 15 is 0 Å². The van der Waals surface area contributed by atoms with Crippen LogP contribution in [0, 0.1) is 13.0 Å². The molecule has 1 saturated carbocycles. The van der Waals surface area contributed by atoms with Crippen molar-refractivity contribution in [2.45, 2.75) is 110 Å². The van der Waals surface area contributed by atoms with Crippen LogP contribution in [0.15, 0.2) is 109 Å². The molecule has 0 spiro atoms. The van der Waals surface area contributed by atoms with Crippen molar-refractivity contribution in [1.29, 1.82) is 0 Å². The van der Waals surface area contributed by atoms with Gasteiger partial charge in [0.1, 0.15) is 0 Å². The summed E-state index contributed by atoms with van der Waals surface area (Å²) < 4.78 is 1.42. The van der Waals surface area contributed by atoms with Crippen LogP contribution in [0.2, 0.25) is 0 Å². The minimum absolute atomic E-state index is 0. The molecule has 4 aliphatic carbocycles. The first kappa shape index (κ1) is 42.2. The number of aryl methyl sites for hydroxylation is 1. The molecule has 5 aromatic rings. The maximum atomic E-state index is 3.65. The summed E-state index contributed by atoms with van der Waals surface area (Å²) in [5, 5.41) is 0. The SMILES string of the molecule is CC1=[C-]C(C)(C)c2cc3c(cc21)-c1cc2c(cc1C3)C(C)(C)C=C2C.Cc1cc(C2(C)CCCCC2)c[cH-]1.[Cl-].[Cl-].[Zr+2]=[C](c1ccccc1)c1ccccc1. The van der Waals surface area contributed by atoms with E-state index in [0.717, 1.165) is 6.42 Å². The topological polar surface area (TPSA) is 0 Å². The van der Waals surface area contributed by atoms with Crippen molar-refractivity contribution in [3.63, 3.8) is 0 Å². The Morgan fingerprint density at radius 1 is 0.648 bits per heavy atom. The van der Waals surface area contributed by atoms with Crippen molar-refractivity contribution < 1.29 is 49.0 Å². The van der Waals surface area contributed by atoms with Crippen molar-refractivity contribution in [3.05, 3.63) is 171 Å². The molecule has 0 heterocycles. The number of hydrogen-bond donors (Lipinski definition) is 0. The fraction of sp³-hybridized carbons (Fsp3) is 0.333. The van der Waals surface area contributed by atoms with Gasteiger partial charge in [0, 0.05) is 5.41 Å². The monoisotopic (exact) mass is 826 g/mol. The van der Waals surface area contributed by atoms with Gasteiger partial charge in [0.2, 0.25) is 0 Å². The summed E-state index contributed by atoms with van der Waals surface area (Å²) in [5.74, 6) is 0. The zero-order valence-corrected chi connectivity index (χ0v) is 37.4. The predicted molar refractivity (Wildman–Crippen MR) is 220 cm³/mol. The quantitative estimate of drug-likeness (QED) is 0.166. The van der Waals surface area contributed by atoms with Gasteiger partial charge in [-0.1, -0.05) is 110 Å². The van der Waals surface area contributed by atoms with Crippen molar-refractivity contribution in [2.24, 2.45) is 0 Å². The van der Waals surface area contributed by atoms with Crippen LogP contribution in [0.25, 0.3) is 22.3 Å². The number of allylic oxidation sites excluding steroid dienone is 4. The van der Waals surface area contributed by atoms with Crippen LogP contribution in [0.4, 0.5) is 0 Å². The van der Waals surface area contributed by atoms with Crippen LogP contribution in [0.5, 0.6) is 0 Å². The Kier molecular flexibility index (Phi) is 13.0. The van der Waals surface area contributed by atoms with Gasteiger partial charge in [-0.3, -0.25) is 6.08 Å². The molecule has 278 valence electrons. The predicted octanol–water partition coefficient (Wildman–Crippen LogP) is 7.20. The third-order valence-corrected chi connectivity index (χ3v) is 13.5. The summed E-state index contributed by atoms with van der Waals surface area (Å²) in [7, 11) is 0. The van der Waals surface area contributed by atoms with E-state index in [4.69, 9.17) is 0 Å². The zero-order chi connectivity index (χ0) is 36.8. The third-order valence-electron chi connectivity index (χ3n) is 12.1. The van der Waals surface area contributed by atoms with Crippen LogP contribution >= 0.6 is 0 Å². The first-order valence-corrected chi connectivity index (χ1v) is 20.6. The van der Waals surface area contributed by atoms with E-state index in [0.29, 0.717) is 5.41 Å². The van der Waals surface area contributed by atoms with Gasteiger partial charge in [0.25, 0.3) is 0 Å². The summed E-state index contributed by atoms with van der Waals surface area (Å²) in [6.45, 7) is 18.3. The Morgan fingerprint density at radius 2 is 1.19 bits per heavy atom. The molecule has 5 aromatic carbocycles. The molecule has 3 heteroatoms. The van der Waals surface area contributed by atoms with E-state index in [1.165, 1.54) is 132 Å². The number of halogens is 2. The van der Waals surface area contributed by atoms with E-state index in [1.54, 1.807) is 5.56 Å². The Bertz CT molecular complexity index is 2060. The Hall–Kier alpha value is -2.96. The van der Waals surface area contributed by atoms with Gasteiger partial charge in [-0.2, -0.15) is 28.8 Å². The second kappa shape index (κ2) is 16.6. The molecule has 0 aromatic heterocycles. The van der Waals surface area contributed by atoms with Crippen molar-refractivity contribution >= 4 is 14.4 Å². The van der Waals surface area contributed by atoms with Crippen LogP contribution in [-0.4, -0.2) is 3.21 Å². The summed E-state index contributed by atoms with van der Waals surface area (Å²) in [6.07, 6.45) is 14.2. The van der Waals surface area contributed by atoms with Gasteiger partial charge < -0.3 is 24.8 Å². The standard InChI is InChI=1S/C25H25.C13H19.C13H10.2ClH.Zr/c1-14-12-24(3,4)22-8-16-7-17-9-23-19(15(2)13-25(23,5)6)11-21(17)20(16)10-18(14)22;1-11-6-7-12(10-11)13(2)8-4-3-5-9-13;1-3-7-12(8-4-1)11-13-9-5-2-6-10-13;;;/h8-12H,7H2,1-6H3;6-7,10H,3-5,8-9H2,1-2H3;1-10H;2*1H;/q2*-1;;;;+2/p-2. The van der Waals surface area contributed by atoms with E-state index < -0.39 is 0 Å². The van der Waals surface area contributed by atoms with E-state index in [9.17, 15) is 0 Å². The normalized spacial score (nSPS) is 17.3. The fourth-order valence-corrected chi connectivity index (χ4v) is 10.0. The van der Waals surface area contributed by atoms with Crippen molar-refractivity contribution in [3.8, 4) is 11.1 Å². The Balaban J connectivity index is 0.000000166. The number of fused-ring (bicyclic) bond motifs is 5. The Morgan fingerprint density at radius 3 is 1.72 bits per heavy atom. The molecule has 0 radical (unpaired) electrons. The van der Waals surface area contributed by atoms with E-state index in [1.807, 2.05) is 0 Å². The van der Waals surface area contributed by atoms with Crippen LogP contribution < -0.4 is 24.8 Å². The maximum absolute atomic E-state index is 3.65. The van der Waals surface area contributed by atoms with Gasteiger partial charge in [0.05, 0.1) is 0 Å². The number of benzene rings is 4. The summed E-state index contributed by atoms with van der Waals surface area (Å²) >= 11 is 1.46. The van der Waals surface area contributed by atoms with Crippen molar-refractivity contribution in [2.75, 3.05) is 0 Å². The zero-order valence-electron chi connectivity index (χ0n) is 33.4. The molecule has 0 saturated heterocycles. The molecule has 0 atom stereocenters. The minimum atomic E-state index is 0. The molecule has 0 amide bonds. The second-order valence-electron chi connectivity index (χ2n) is 17.1. The van der Waals surface area contributed by atoms with E-state index in [2.05, 4.69) is 171 Å². The molecule has 9 rings (SSSR count). The molecule has 54 heavy (non-hydrogen) atoms. The summed E-state index contributed by atoms with van der Waals surface area (Å²) in [5.41, 5.74) is 20.7. The molecule has 1 fully saturated rings. The number of hydrogen-bond acceptors (Lipinski definition) is 0. The van der Waals surface area contributed by atoms with Crippen LogP contribution in [0.3, 0.4) is 0 Å². The first-order valence-electron chi connectivity index (χ1n) is 19.4. The van der Waals surface area contributed by atoms with Crippen LogP contribution in [-0.2, 0) is 46.9 Å². The molecular weight excluding hydrogens is 775 g/mol. The molecule has 0 aliphatic heterocycles. The van der Waals surface area contributed by atoms with Crippen molar-refractivity contribution in [1.82, 2.24) is 0 Å². The number of rotatable bonds is 3. The average Bonchev–Trinajstić information content (AvgIpc) is 3.85. The summed E-state index contributed by atoms with van der Waals surface area (Å²) in [4.78, 5) is 0. The molecule has 4 aliphatic rings. The fourth-order valence-electron chi connectivity index (χ4n) is 9.21. The molecule has 0 N–H and O–H groups in total. The summed E-state index contributed by atoms with van der Waals surface area (Å²) in [6, 6.07) is 37.8. The van der Waals surface area contributed by atoms with Gasteiger partial charge in [-0.25, -0.2) is 11.6 Å². The van der Waals surface area contributed by atoms with Gasteiger partial charge in [0.15, 0.2) is 0 Å². The van der Waals surface area contributed by atoms with Gasteiger partial charge in [-0.15, -0.1) is 11.6 Å². The third kappa shape index (κ3) is 8.41. The molecule has 0 unspecified atom stereocenters. The van der Waals surface area contributed by atoms with Crippen LogP contribution in [0.1, 0.15) is 136 Å². The second-order valence-corrected chi connectivity index (χ2v) is 18.3. The molecule has 0 bridgehead atoms. The molecular formula is C51H54Cl2Zr-2. The van der Waals surface area contributed by atoms with E-state index in [-0.39, 0.29) is 35.6 Å². The Labute approximate surface area is 353 Å². The van der Waals surface area contributed by atoms with Gasteiger partial charge >= 0.3 is 99.2 Å². The first-order chi connectivity index (χ1) is 24.8.